The summed E-state index contributed by atoms with van der Waals surface area (Å²) in [5.41, 5.74) is 7.43. The first-order chi connectivity index (χ1) is 8.22. The summed E-state index contributed by atoms with van der Waals surface area (Å²) in [4.78, 5) is 13.3. The zero-order valence-electron chi connectivity index (χ0n) is 9.88. The van der Waals surface area contributed by atoms with Gasteiger partial charge in [0, 0.05) is 25.0 Å². The molecule has 0 spiro atoms. The molecular weight excluding hydrogens is 212 g/mol. The van der Waals surface area contributed by atoms with Crippen molar-refractivity contribution in [1.29, 1.82) is 0 Å². The first-order valence-electron chi connectivity index (χ1n) is 5.94. The highest BCUT2D eigenvalue weighted by Crippen LogP contribution is 2.27. The lowest BCUT2D eigenvalue weighted by atomic mass is 9.86. The molecule has 0 bridgehead atoms. The Morgan fingerprint density at radius 2 is 2.12 bits per heavy atom. The molecule has 1 aromatic rings. The fourth-order valence-electron chi connectivity index (χ4n) is 2.43. The highest BCUT2D eigenvalue weighted by molar-refractivity contribution is 5.87. The Labute approximate surface area is 102 Å². The van der Waals surface area contributed by atoms with Gasteiger partial charge in [-0.3, -0.25) is 4.79 Å². The molecule has 2 N–H and O–H groups in total. The van der Waals surface area contributed by atoms with Gasteiger partial charge in [0.05, 0.1) is 0 Å². The molecule has 90 valence electrons. The van der Waals surface area contributed by atoms with Gasteiger partial charge in [0.1, 0.15) is 0 Å². The number of hydrogen-bond acceptors (Lipinski definition) is 2. The Morgan fingerprint density at radius 1 is 1.41 bits per heavy atom. The molecule has 0 aliphatic carbocycles. The molecule has 1 aliphatic heterocycles. The van der Waals surface area contributed by atoms with Gasteiger partial charge in [-0.05, 0) is 18.1 Å². The van der Waals surface area contributed by atoms with E-state index in [1.54, 1.807) is 4.90 Å². The molecule has 0 saturated carbocycles. The fraction of sp³-hybridized carbons (Fsp3) is 0.357. The number of piperidine rings is 1. The normalized spacial score (nSPS) is 24.4. The van der Waals surface area contributed by atoms with E-state index in [4.69, 9.17) is 5.73 Å². The van der Waals surface area contributed by atoms with Crippen molar-refractivity contribution in [3.8, 4) is 0 Å². The monoisotopic (exact) mass is 230 g/mol. The fourth-order valence-corrected chi connectivity index (χ4v) is 2.43. The minimum atomic E-state index is -0.0213. The lowest BCUT2D eigenvalue weighted by Gasteiger charge is -2.36. The van der Waals surface area contributed by atoms with E-state index in [1.165, 1.54) is 11.6 Å². The summed E-state index contributed by atoms with van der Waals surface area (Å²) in [6.07, 6.45) is 2.28. The second kappa shape index (κ2) is 5.15. The van der Waals surface area contributed by atoms with Crippen molar-refractivity contribution in [3.05, 3.63) is 48.6 Å². The van der Waals surface area contributed by atoms with Crippen LogP contribution in [0.25, 0.3) is 0 Å². The van der Waals surface area contributed by atoms with Crippen LogP contribution in [0.1, 0.15) is 17.9 Å². The number of nitrogens with two attached hydrogens (primary N) is 1. The van der Waals surface area contributed by atoms with Gasteiger partial charge in [0.2, 0.25) is 5.91 Å². The van der Waals surface area contributed by atoms with E-state index in [-0.39, 0.29) is 11.9 Å². The smallest absolute Gasteiger partial charge is 0.246 e. The number of likely N-dealkylation sites (tertiary alicyclic amines) is 1. The zero-order valence-corrected chi connectivity index (χ0v) is 9.88. The van der Waals surface area contributed by atoms with Crippen molar-refractivity contribution in [3.63, 3.8) is 0 Å². The molecule has 1 heterocycles. The highest BCUT2D eigenvalue weighted by atomic mass is 16.2. The summed E-state index contributed by atoms with van der Waals surface area (Å²) < 4.78 is 0. The third-order valence-electron chi connectivity index (χ3n) is 3.37. The third-order valence-corrected chi connectivity index (χ3v) is 3.37. The van der Waals surface area contributed by atoms with Crippen LogP contribution in [-0.2, 0) is 4.79 Å². The second-order valence-corrected chi connectivity index (χ2v) is 4.46. The van der Waals surface area contributed by atoms with E-state index in [0.717, 1.165) is 13.0 Å². The van der Waals surface area contributed by atoms with E-state index >= 15 is 0 Å². The minimum Gasteiger partial charge on any atom is -0.338 e. The van der Waals surface area contributed by atoms with E-state index in [2.05, 4.69) is 18.7 Å². The quantitative estimate of drug-likeness (QED) is 0.783. The molecule has 2 rings (SSSR count). The van der Waals surface area contributed by atoms with Gasteiger partial charge >= 0.3 is 0 Å². The standard InChI is InChI=1S/C14H18N2O/c1-2-14(17)16-9-8-12(13(15)10-16)11-6-4-3-5-7-11/h2-7,12-13H,1,8-10,15H2. The molecule has 1 aliphatic rings. The van der Waals surface area contributed by atoms with Crippen LogP contribution in [0, 0.1) is 0 Å². The minimum absolute atomic E-state index is 0.00931. The second-order valence-electron chi connectivity index (χ2n) is 4.46. The van der Waals surface area contributed by atoms with E-state index < -0.39 is 0 Å². The number of hydrogen-bond donors (Lipinski definition) is 1. The summed E-state index contributed by atoms with van der Waals surface area (Å²) in [6, 6.07) is 10.3. The van der Waals surface area contributed by atoms with Crippen molar-refractivity contribution in [1.82, 2.24) is 4.90 Å². The van der Waals surface area contributed by atoms with Gasteiger partial charge in [-0.15, -0.1) is 0 Å². The molecule has 3 nitrogen and oxygen atoms in total. The molecule has 0 radical (unpaired) electrons. The molecule has 1 aromatic carbocycles. The number of nitrogens with zero attached hydrogens (tertiary/aromatic N) is 1. The van der Waals surface area contributed by atoms with Crippen LogP contribution in [0.5, 0.6) is 0 Å². The topological polar surface area (TPSA) is 46.3 Å². The number of benzene rings is 1. The lowest BCUT2D eigenvalue weighted by Crippen LogP contribution is -2.49. The van der Waals surface area contributed by atoms with Crippen molar-refractivity contribution >= 4 is 5.91 Å². The summed E-state index contributed by atoms with van der Waals surface area (Å²) >= 11 is 0. The SMILES string of the molecule is C=CC(=O)N1CCC(c2ccccc2)C(N)C1. The van der Waals surface area contributed by atoms with Crippen molar-refractivity contribution < 1.29 is 4.79 Å². The van der Waals surface area contributed by atoms with Gasteiger partial charge < -0.3 is 10.6 Å². The van der Waals surface area contributed by atoms with E-state index in [9.17, 15) is 4.79 Å². The number of carbonyl (C=O) groups is 1. The summed E-state index contributed by atoms with van der Waals surface area (Å²) in [6.45, 7) is 4.88. The van der Waals surface area contributed by atoms with Crippen LogP contribution in [0.15, 0.2) is 43.0 Å². The Balaban J connectivity index is 2.06. The van der Waals surface area contributed by atoms with Crippen LogP contribution in [0.2, 0.25) is 0 Å². The summed E-state index contributed by atoms with van der Waals surface area (Å²) in [5.74, 6) is 0.331. The van der Waals surface area contributed by atoms with Gasteiger partial charge in [0.15, 0.2) is 0 Å². The molecular formula is C14H18N2O. The molecule has 1 saturated heterocycles. The van der Waals surface area contributed by atoms with Crippen LogP contribution in [0.4, 0.5) is 0 Å². The lowest BCUT2D eigenvalue weighted by molar-refractivity contribution is -0.127. The van der Waals surface area contributed by atoms with Gasteiger partial charge in [-0.2, -0.15) is 0 Å². The third kappa shape index (κ3) is 2.56. The van der Waals surface area contributed by atoms with Crippen LogP contribution >= 0.6 is 0 Å². The maximum Gasteiger partial charge on any atom is 0.246 e. The van der Waals surface area contributed by atoms with Crippen LogP contribution in [-0.4, -0.2) is 29.9 Å². The van der Waals surface area contributed by atoms with Gasteiger partial charge in [-0.1, -0.05) is 36.9 Å². The molecule has 1 fully saturated rings. The molecule has 1 amide bonds. The molecule has 2 atom stereocenters. The average molecular weight is 230 g/mol. The Kier molecular flexibility index (Phi) is 3.59. The van der Waals surface area contributed by atoms with Gasteiger partial charge in [-0.25, -0.2) is 0 Å². The van der Waals surface area contributed by atoms with E-state index in [0.29, 0.717) is 12.5 Å². The van der Waals surface area contributed by atoms with Gasteiger partial charge in [0.25, 0.3) is 0 Å². The van der Waals surface area contributed by atoms with Crippen molar-refractivity contribution in [2.45, 2.75) is 18.4 Å². The largest absolute Gasteiger partial charge is 0.338 e. The number of carbonyl (C=O) groups excluding carboxylic acids is 1. The molecule has 2 unspecified atom stereocenters. The average Bonchev–Trinajstić information content (AvgIpc) is 2.38. The number of rotatable bonds is 2. The highest BCUT2D eigenvalue weighted by Gasteiger charge is 2.28. The Morgan fingerprint density at radius 3 is 2.71 bits per heavy atom. The predicted molar refractivity (Wildman–Crippen MR) is 68.6 cm³/mol. The number of amides is 1. The maximum atomic E-state index is 11.5. The molecule has 3 heteroatoms. The summed E-state index contributed by atoms with van der Waals surface area (Å²) in [7, 11) is 0. The van der Waals surface area contributed by atoms with Crippen molar-refractivity contribution in [2.24, 2.45) is 5.73 Å². The Hall–Kier alpha value is -1.61. The maximum absolute atomic E-state index is 11.5. The Bertz CT molecular complexity index is 402. The predicted octanol–water partition coefficient (Wildman–Crippen LogP) is 1.52. The first-order valence-corrected chi connectivity index (χ1v) is 5.94. The first kappa shape index (κ1) is 11.9. The van der Waals surface area contributed by atoms with Crippen LogP contribution in [0.3, 0.4) is 0 Å². The summed E-state index contributed by atoms with van der Waals surface area (Å²) in [5, 5.41) is 0. The zero-order chi connectivity index (χ0) is 12.3. The van der Waals surface area contributed by atoms with Crippen molar-refractivity contribution in [2.75, 3.05) is 13.1 Å². The van der Waals surface area contributed by atoms with E-state index in [1.807, 2.05) is 18.2 Å². The molecule has 0 aromatic heterocycles. The van der Waals surface area contributed by atoms with Crippen LogP contribution < -0.4 is 5.73 Å². The molecule has 17 heavy (non-hydrogen) atoms.